The van der Waals surface area contributed by atoms with Crippen molar-refractivity contribution in [2.75, 3.05) is 27.7 Å². The normalized spacial score (nSPS) is 23.8. The van der Waals surface area contributed by atoms with Crippen LogP contribution < -0.4 is 4.74 Å². The molecule has 2 atom stereocenters. The first kappa shape index (κ1) is 21.8. The van der Waals surface area contributed by atoms with Gasteiger partial charge in [-0.2, -0.15) is 0 Å². The average molecular weight is 375 g/mol. The second-order valence-electron chi connectivity index (χ2n) is 6.38. The predicted octanol–water partition coefficient (Wildman–Crippen LogP) is 0.885. The Bertz CT molecular complexity index is 622. The van der Waals surface area contributed by atoms with Gasteiger partial charge in [-0.1, -0.05) is 12.1 Å². The SMILES string of the molecule is COc1cccc(C2(O)CC(=O)CCC2CN(C)C)c1.O=P(O)(O)O. The van der Waals surface area contributed by atoms with Crippen LogP contribution in [0.25, 0.3) is 0 Å². The third kappa shape index (κ3) is 7.23. The van der Waals surface area contributed by atoms with Crippen LogP contribution in [0.3, 0.4) is 0 Å². The summed E-state index contributed by atoms with van der Waals surface area (Å²) in [7, 11) is 0.942. The standard InChI is InChI=1S/C16H23NO3.H3O4P/c1-17(2)11-13-7-8-14(18)10-16(13,19)12-5-4-6-15(9-12)20-3;1-5(2,3)4/h4-6,9,13,19H,7-8,10-11H2,1-3H3;(H3,1,2,3,4). The minimum atomic E-state index is -4.64. The zero-order valence-electron chi connectivity index (χ0n) is 14.6. The first-order valence-corrected chi connectivity index (χ1v) is 9.34. The Balaban J connectivity index is 0.000000550. The van der Waals surface area contributed by atoms with E-state index in [1.165, 1.54) is 0 Å². The Labute approximate surface area is 147 Å². The molecule has 1 fully saturated rings. The number of carbonyl (C=O) groups is 1. The number of methoxy groups -OCH3 is 1. The monoisotopic (exact) mass is 375 g/mol. The fourth-order valence-electron chi connectivity index (χ4n) is 3.02. The fourth-order valence-corrected chi connectivity index (χ4v) is 3.02. The van der Waals surface area contributed by atoms with Gasteiger partial charge >= 0.3 is 7.82 Å². The Morgan fingerprint density at radius 2 is 1.92 bits per heavy atom. The molecule has 9 heteroatoms. The number of benzene rings is 1. The van der Waals surface area contributed by atoms with Gasteiger partial charge in [-0.25, -0.2) is 4.57 Å². The van der Waals surface area contributed by atoms with Gasteiger partial charge in [-0.15, -0.1) is 0 Å². The number of ketones is 1. The molecular formula is C16H26NO7P. The molecule has 0 bridgehead atoms. The highest BCUT2D eigenvalue weighted by Crippen LogP contribution is 2.41. The van der Waals surface area contributed by atoms with Crippen LogP contribution in [0.15, 0.2) is 24.3 Å². The number of aliphatic hydroxyl groups is 1. The second kappa shape index (κ2) is 8.89. The molecule has 1 saturated carbocycles. The molecule has 0 spiro atoms. The van der Waals surface area contributed by atoms with Crippen molar-refractivity contribution in [3.8, 4) is 5.75 Å². The van der Waals surface area contributed by atoms with Gasteiger partial charge in [-0.05, 0) is 38.2 Å². The number of nitrogens with zero attached hydrogens (tertiary/aromatic N) is 1. The minimum absolute atomic E-state index is 0.0577. The largest absolute Gasteiger partial charge is 0.497 e. The van der Waals surface area contributed by atoms with Crippen LogP contribution in [0.1, 0.15) is 24.8 Å². The highest BCUT2D eigenvalue weighted by atomic mass is 31.2. The molecule has 25 heavy (non-hydrogen) atoms. The zero-order valence-corrected chi connectivity index (χ0v) is 15.5. The summed E-state index contributed by atoms with van der Waals surface area (Å²) in [6.07, 6.45) is 1.48. The lowest BCUT2D eigenvalue weighted by Gasteiger charge is -2.41. The average Bonchev–Trinajstić information content (AvgIpc) is 2.48. The van der Waals surface area contributed by atoms with E-state index < -0.39 is 13.4 Å². The topological polar surface area (TPSA) is 128 Å². The van der Waals surface area contributed by atoms with E-state index in [0.29, 0.717) is 12.2 Å². The Morgan fingerprint density at radius 1 is 1.32 bits per heavy atom. The summed E-state index contributed by atoms with van der Waals surface area (Å²) in [6, 6.07) is 7.42. The van der Waals surface area contributed by atoms with E-state index in [-0.39, 0.29) is 18.1 Å². The number of hydrogen-bond donors (Lipinski definition) is 4. The molecule has 0 aliphatic heterocycles. The minimum Gasteiger partial charge on any atom is -0.497 e. The Morgan fingerprint density at radius 3 is 2.44 bits per heavy atom. The lowest BCUT2D eigenvalue weighted by Crippen LogP contribution is -2.45. The second-order valence-corrected chi connectivity index (χ2v) is 7.41. The number of rotatable bonds is 4. The van der Waals surface area contributed by atoms with Crippen LogP contribution in [-0.2, 0) is 15.0 Å². The van der Waals surface area contributed by atoms with Crippen molar-refractivity contribution in [1.29, 1.82) is 0 Å². The molecule has 1 aromatic rings. The van der Waals surface area contributed by atoms with Crippen molar-refractivity contribution in [3.05, 3.63) is 29.8 Å². The predicted molar refractivity (Wildman–Crippen MR) is 92.1 cm³/mol. The van der Waals surface area contributed by atoms with Crippen molar-refractivity contribution < 1.29 is 33.9 Å². The molecule has 4 N–H and O–H groups in total. The maximum absolute atomic E-state index is 11.8. The number of ether oxygens (including phenoxy) is 1. The van der Waals surface area contributed by atoms with Crippen molar-refractivity contribution in [3.63, 3.8) is 0 Å². The lowest BCUT2D eigenvalue weighted by molar-refractivity contribution is -0.135. The summed E-state index contributed by atoms with van der Waals surface area (Å²) in [5.74, 6) is 0.894. The molecule has 2 rings (SSSR count). The number of carbonyl (C=O) groups excluding carboxylic acids is 1. The molecule has 0 heterocycles. The Kier molecular flexibility index (Phi) is 7.74. The summed E-state index contributed by atoms with van der Waals surface area (Å²) in [6.45, 7) is 0.765. The summed E-state index contributed by atoms with van der Waals surface area (Å²) in [5, 5.41) is 11.1. The van der Waals surface area contributed by atoms with Gasteiger partial charge in [0.05, 0.1) is 7.11 Å². The molecule has 1 aliphatic rings. The molecule has 0 amide bonds. The quantitative estimate of drug-likeness (QED) is 0.571. The molecule has 142 valence electrons. The third-order valence-corrected chi connectivity index (χ3v) is 4.07. The van der Waals surface area contributed by atoms with E-state index in [2.05, 4.69) is 4.90 Å². The van der Waals surface area contributed by atoms with Gasteiger partial charge in [0, 0.05) is 25.3 Å². The highest BCUT2D eigenvalue weighted by Gasteiger charge is 2.43. The molecule has 0 aromatic heterocycles. The van der Waals surface area contributed by atoms with Gasteiger partial charge in [0.15, 0.2) is 0 Å². The maximum atomic E-state index is 11.8. The fraction of sp³-hybridized carbons (Fsp3) is 0.562. The van der Waals surface area contributed by atoms with E-state index in [4.69, 9.17) is 24.0 Å². The summed E-state index contributed by atoms with van der Waals surface area (Å²) in [5.41, 5.74) is -0.314. The van der Waals surface area contributed by atoms with Gasteiger partial charge in [-0.3, -0.25) is 4.79 Å². The van der Waals surface area contributed by atoms with Crippen LogP contribution in [0.4, 0.5) is 0 Å². The zero-order chi connectivity index (χ0) is 19.3. The van der Waals surface area contributed by atoms with Crippen LogP contribution >= 0.6 is 7.82 Å². The molecule has 0 radical (unpaired) electrons. The first-order valence-electron chi connectivity index (χ1n) is 7.77. The lowest BCUT2D eigenvalue weighted by atomic mass is 9.71. The molecule has 2 unspecified atom stereocenters. The van der Waals surface area contributed by atoms with Crippen molar-refractivity contribution in [1.82, 2.24) is 4.90 Å². The van der Waals surface area contributed by atoms with Crippen molar-refractivity contribution >= 4 is 13.6 Å². The first-order chi connectivity index (χ1) is 11.5. The van der Waals surface area contributed by atoms with Gasteiger partial charge in [0.25, 0.3) is 0 Å². The molecule has 8 nitrogen and oxygen atoms in total. The summed E-state index contributed by atoms with van der Waals surface area (Å²) in [4.78, 5) is 35.5. The van der Waals surface area contributed by atoms with Crippen LogP contribution in [0, 0.1) is 5.92 Å². The number of hydrogen-bond acceptors (Lipinski definition) is 5. The van der Waals surface area contributed by atoms with E-state index in [1.807, 2.05) is 38.4 Å². The van der Waals surface area contributed by atoms with Gasteiger partial charge in [0.1, 0.15) is 17.1 Å². The molecule has 0 saturated heterocycles. The van der Waals surface area contributed by atoms with Gasteiger partial charge in [0.2, 0.25) is 0 Å². The molecule has 1 aromatic carbocycles. The van der Waals surface area contributed by atoms with E-state index >= 15 is 0 Å². The van der Waals surface area contributed by atoms with Gasteiger partial charge < -0.3 is 29.4 Å². The Hall–Kier alpha value is -1.28. The van der Waals surface area contributed by atoms with E-state index in [9.17, 15) is 9.90 Å². The van der Waals surface area contributed by atoms with Crippen LogP contribution in [0.2, 0.25) is 0 Å². The highest BCUT2D eigenvalue weighted by molar-refractivity contribution is 7.45. The molecular weight excluding hydrogens is 349 g/mol. The number of phosphoric acid groups is 1. The smallest absolute Gasteiger partial charge is 0.466 e. The molecule has 1 aliphatic carbocycles. The van der Waals surface area contributed by atoms with Crippen molar-refractivity contribution in [2.45, 2.75) is 24.9 Å². The summed E-state index contributed by atoms with van der Waals surface area (Å²) < 4.78 is 14.1. The third-order valence-electron chi connectivity index (χ3n) is 4.07. The maximum Gasteiger partial charge on any atom is 0.466 e. The van der Waals surface area contributed by atoms with E-state index in [1.54, 1.807) is 7.11 Å². The van der Waals surface area contributed by atoms with Crippen LogP contribution in [-0.4, -0.2) is 58.2 Å². The van der Waals surface area contributed by atoms with Crippen LogP contribution in [0.5, 0.6) is 5.75 Å². The summed E-state index contributed by atoms with van der Waals surface area (Å²) >= 11 is 0. The number of Topliss-reactive ketones (excluding diaryl/α,β-unsaturated/α-hetero) is 1. The van der Waals surface area contributed by atoms with Crippen molar-refractivity contribution in [2.24, 2.45) is 5.92 Å². The van der Waals surface area contributed by atoms with E-state index in [0.717, 1.165) is 18.5 Å².